The molecule has 0 heterocycles. The third kappa shape index (κ3) is 3.18. The molecule has 0 saturated heterocycles. The molecule has 1 aromatic rings. The molecule has 0 fully saturated rings. The smallest absolute Gasteiger partial charge is 0.327 e. The normalized spacial score (nSPS) is 11.1. The first-order valence-electron chi connectivity index (χ1n) is 4.83. The third-order valence-corrected chi connectivity index (χ3v) is 2.29. The number of halogens is 1. The van der Waals surface area contributed by atoms with E-state index in [2.05, 4.69) is 4.74 Å². The van der Waals surface area contributed by atoms with E-state index in [0.29, 0.717) is 5.56 Å². The number of rotatable bonds is 4. The highest BCUT2D eigenvalue weighted by atomic mass is 35.5. The Kier molecular flexibility index (Phi) is 6.29. The van der Waals surface area contributed by atoms with E-state index in [0.717, 1.165) is 0 Å². The molecule has 0 saturated carbocycles. The summed E-state index contributed by atoms with van der Waals surface area (Å²) in [6, 6.07) is 1.66. The second-order valence-electron chi connectivity index (χ2n) is 3.26. The average molecular weight is 278 g/mol. The maximum atomic E-state index is 11.4. The van der Waals surface area contributed by atoms with Crippen LogP contribution >= 0.6 is 12.4 Å². The average Bonchev–Trinajstić information content (AvgIpc) is 2.35. The Hall–Kier alpha value is -1.66. The molecule has 7 heteroatoms. The molecule has 1 atom stereocenters. The first kappa shape index (κ1) is 16.3. The minimum absolute atomic E-state index is 0. The lowest BCUT2D eigenvalue weighted by molar-refractivity contribution is -0.142. The van der Waals surface area contributed by atoms with Crippen molar-refractivity contribution in [2.75, 3.05) is 21.3 Å². The van der Waals surface area contributed by atoms with Crippen molar-refractivity contribution in [2.45, 2.75) is 6.04 Å². The van der Waals surface area contributed by atoms with Gasteiger partial charge >= 0.3 is 5.97 Å². The van der Waals surface area contributed by atoms with Crippen molar-refractivity contribution in [3.63, 3.8) is 0 Å². The first-order valence-corrected chi connectivity index (χ1v) is 4.83. The number of carbonyl (C=O) groups is 1. The molecule has 0 aliphatic rings. The van der Waals surface area contributed by atoms with Gasteiger partial charge in [-0.25, -0.2) is 4.79 Å². The lowest BCUT2D eigenvalue weighted by Crippen LogP contribution is -2.23. The summed E-state index contributed by atoms with van der Waals surface area (Å²) < 4.78 is 14.7. The number of nitrogens with two attached hydrogens (primary N) is 1. The van der Waals surface area contributed by atoms with Crippen molar-refractivity contribution < 1.29 is 24.1 Å². The number of methoxy groups -OCH3 is 3. The van der Waals surface area contributed by atoms with Gasteiger partial charge in [-0.1, -0.05) is 0 Å². The quantitative estimate of drug-likeness (QED) is 0.798. The fourth-order valence-electron chi connectivity index (χ4n) is 1.48. The van der Waals surface area contributed by atoms with Crippen LogP contribution < -0.4 is 15.2 Å². The third-order valence-electron chi connectivity index (χ3n) is 2.29. The number of carbonyl (C=O) groups excluding carboxylic acids is 1. The van der Waals surface area contributed by atoms with Crippen LogP contribution in [0, 0.1) is 0 Å². The van der Waals surface area contributed by atoms with Gasteiger partial charge in [0.25, 0.3) is 0 Å². The second kappa shape index (κ2) is 6.93. The molecular formula is C11H16ClNO5. The molecule has 18 heavy (non-hydrogen) atoms. The number of phenolic OH excluding ortho intramolecular Hbond substituents is 1. The molecule has 0 unspecified atom stereocenters. The van der Waals surface area contributed by atoms with Gasteiger partial charge in [0.2, 0.25) is 0 Å². The van der Waals surface area contributed by atoms with Crippen molar-refractivity contribution in [3.05, 3.63) is 17.7 Å². The highest BCUT2D eigenvalue weighted by molar-refractivity contribution is 5.85. The highest BCUT2D eigenvalue weighted by Gasteiger charge is 2.25. The van der Waals surface area contributed by atoms with Gasteiger partial charge in [-0.2, -0.15) is 0 Å². The predicted octanol–water partition coefficient (Wildman–Crippen LogP) is 1.00. The molecule has 6 nitrogen and oxygen atoms in total. The molecule has 0 aliphatic heterocycles. The number of hydrogen-bond donors (Lipinski definition) is 2. The maximum Gasteiger partial charge on any atom is 0.327 e. The van der Waals surface area contributed by atoms with Gasteiger partial charge in [-0.05, 0) is 0 Å². The summed E-state index contributed by atoms with van der Waals surface area (Å²) in [6.07, 6.45) is 0. The zero-order valence-electron chi connectivity index (χ0n) is 10.3. The molecular weight excluding hydrogens is 262 g/mol. The lowest BCUT2D eigenvalue weighted by Gasteiger charge is -2.17. The Labute approximate surface area is 111 Å². The van der Waals surface area contributed by atoms with E-state index in [1.54, 1.807) is 0 Å². The summed E-state index contributed by atoms with van der Waals surface area (Å²) in [7, 11) is 4.05. The highest BCUT2D eigenvalue weighted by Crippen LogP contribution is 2.37. The Morgan fingerprint density at radius 3 is 2.00 bits per heavy atom. The molecule has 102 valence electrons. The van der Waals surface area contributed by atoms with Crippen LogP contribution in [0.25, 0.3) is 0 Å². The van der Waals surface area contributed by atoms with E-state index in [-0.39, 0.29) is 29.7 Å². The molecule has 1 aromatic carbocycles. The van der Waals surface area contributed by atoms with Gasteiger partial charge in [0.05, 0.1) is 26.9 Å². The van der Waals surface area contributed by atoms with Gasteiger partial charge in [-0.3, -0.25) is 0 Å². The van der Waals surface area contributed by atoms with E-state index < -0.39 is 12.0 Å². The number of esters is 1. The summed E-state index contributed by atoms with van der Waals surface area (Å²) in [4.78, 5) is 11.4. The summed E-state index contributed by atoms with van der Waals surface area (Å²) in [5, 5.41) is 9.44. The van der Waals surface area contributed by atoms with Crippen molar-refractivity contribution in [3.8, 4) is 17.2 Å². The molecule has 0 bridgehead atoms. The van der Waals surface area contributed by atoms with Crippen molar-refractivity contribution in [1.29, 1.82) is 0 Å². The van der Waals surface area contributed by atoms with E-state index in [9.17, 15) is 9.90 Å². The minimum Gasteiger partial charge on any atom is -0.508 e. The van der Waals surface area contributed by atoms with Crippen LogP contribution in [0.15, 0.2) is 12.1 Å². The van der Waals surface area contributed by atoms with E-state index in [1.165, 1.54) is 33.5 Å². The number of hydrogen-bond acceptors (Lipinski definition) is 6. The Morgan fingerprint density at radius 1 is 1.22 bits per heavy atom. The lowest BCUT2D eigenvalue weighted by atomic mass is 10.0. The molecule has 0 aromatic heterocycles. The van der Waals surface area contributed by atoms with E-state index >= 15 is 0 Å². The number of aromatic hydroxyl groups is 1. The Bertz CT molecular complexity index is 399. The monoisotopic (exact) mass is 277 g/mol. The number of phenols is 1. The predicted molar refractivity (Wildman–Crippen MR) is 67.4 cm³/mol. The van der Waals surface area contributed by atoms with Crippen molar-refractivity contribution in [1.82, 2.24) is 0 Å². The zero-order chi connectivity index (χ0) is 13.0. The standard InChI is InChI=1S/C11H15NO5.ClH/c1-15-7-4-6(13)5-8(16-2)9(7)10(12)11(14)17-3;/h4-5,10,13H,12H2,1-3H3;1H/t10-;/m0./s1. The molecule has 0 amide bonds. The van der Waals surface area contributed by atoms with Crippen LogP contribution in [-0.4, -0.2) is 32.4 Å². The fraction of sp³-hybridized carbons (Fsp3) is 0.364. The summed E-state index contributed by atoms with van der Waals surface area (Å²) in [5.41, 5.74) is 6.07. The van der Waals surface area contributed by atoms with E-state index in [1.807, 2.05) is 0 Å². The second-order valence-corrected chi connectivity index (χ2v) is 3.26. The summed E-state index contributed by atoms with van der Waals surface area (Å²) in [6.45, 7) is 0. The van der Waals surface area contributed by atoms with Crippen LogP contribution in [0.1, 0.15) is 11.6 Å². The van der Waals surface area contributed by atoms with Crippen LogP contribution in [0.3, 0.4) is 0 Å². The number of ether oxygens (including phenoxy) is 3. The molecule has 1 rings (SSSR count). The van der Waals surface area contributed by atoms with Crippen LogP contribution in [-0.2, 0) is 9.53 Å². The van der Waals surface area contributed by atoms with Crippen LogP contribution in [0.2, 0.25) is 0 Å². The topological polar surface area (TPSA) is 91.0 Å². The molecule has 3 N–H and O–H groups in total. The number of benzene rings is 1. The van der Waals surface area contributed by atoms with E-state index in [4.69, 9.17) is 15.2 Å². The van der Waals surface area contributed by atoms with Gasteiger partial charge in [0.1, 0.15) is 23.3 Å². The SMILES string of the molecule is COC(=O)[C@@H](N)c1c(OC)cc(O)cc1OC.Cl. The fourth-order valence-corrected chi connectivity index (χ4v) is 1.48. The molecule has 0 radical (unpaired) electrons. The summed E-state index contributed by atoms with van der Waals surface area (Å²) >= 11 is 0. The van der Waals surface area contributed by atoms with Crippen molar-refractivity contribution >= 4 is 18.4 Å². The Balaban J connectivity index is 0.00000289. The first-order chi connectivity index (χ1) is 8.04. The van der Waals surface area contributed by atoms with Crippen LogP contribution in [0.5, 0.6) is 17.2 Å². The zero-order valence-corrected chi connectivity index (χ0v) is 11.1. The summed E-state index contributed by atoms with van der Waals surface area (Å²) in [5.74, 6) is -0.133. The minimum atomic E-state index is -1.04. The van der Waals surface area contributed by atoms with Gasteiger partial charge < -0.3 is 25.1 Å². The van der Waals surface area contributed by atoms with Gasteiger partial charge in [0, 0.05) is 12.1 Å². The Morgan fingerprint density at radius 2 is 1.67 bits per heavy atom. The van der Waals surface area contributed by atoms with Gasteiger partial charge in [-0.15, -0.1) is 12.4 Å². The van der Waals surface area contributed by atoms with Gasteiger partial charge in [0.15, 0.2) is 0 Å². The van der Waals surface area contributed by atoms with Crippen molar-refractivity contribution in [2.24, 2.45) is 5.73 Å². The largest absolute Gasteiger partial charge is 0.508 e. The molecule has 0 aliphatic carbocycles. The van der Waals surface area contributed by atoms with Crippen LogP contribution in [0.4, 0.5) is 0 Å². The maximum absolute atomic E-state index is 11.4. The molecule has 0 spiro atoms.